The van der Waals surface area contributed by atoms with Gasteiger partial charge >= 0.3 is 5.97 Å². The van der Waals surface area contributed by atoms with Gasteiger partial charge in [0.1, 0.15) is 17.8 Å². The normalized spacial score (nSPS) is 13.9. The molecule has 0 aliphatic heterocycles. The van der Waals surface area contributed by atoms with Crippen LogP contribution in [-0.4, -0.2) is 52.0 Å². The van der Waals surface area contributed by atoms with Gasteiger partial charge in [-0.15, -0.1) is 0 Å². The molecule has 1 aromatic rings. The van der Waals surface area contributed by atoms with Gasteiger partial charge in [0.2, 0.25) is 17.7 Å². The zero-order valence-corrected chi connectivity index (χ0v) is 14.1. The molecule has 1 aromatic carbocycles. The summed E-state index contributed by atoms with van der Waals surface area (Å²) < 4.78 is 0. The standard InChI is InChI=1S/C16H22N4O6/c1-8(19-15(24)11(17)7-13(18)22)14(23)20-12(16(25)26)6-9-2-4-10(21)5-3-9/h2-5,8,11-12,21H,6-7,17H2,1H3,(H2,18,22)(H,19,24)(H,20,23)(H,25,26)/t8-,11-,12-/m0/s1. The molecule has 3 atom stereocenters. The number of rotatable bonds is 9. The van der Waals surface area contributed by atoms with Crippen LogP contribution in [0.15, 0.2) is 24.3 Å². The van der Waals surface area contributed by atoms with Crippen molar-refractivity contribution in [2.24, 2.45) is 11.5 Å². The maximum Gasteiger partial charge on any atom is 0.326 e. The topological polar surface area (TPSA) is 185 Å². The number of phenols is 1. The lowest BCUT2D eigenvalue weighted by molar-refractivity contribution is -0.142. The van der Waals surface area contributed by atoms with E-state index in [1.54, 1.807) is 0 Å². The summed E-state index contributed by atoms with van der Waals surface area (Å²) in [4.78, 5) is 46.0. The Morgan fingerprint density at radius 1 is 1.08 bits per heavy atom. The Hall–Kier alpha value is -3.14. The third-order valence-electron chi connectivity index (χ3n) is 3.50. The molecule has 0 aliphatic rings. The quantitative estimate of drug-likeness (QED) is 0.298. The van der Waals surface area contributed by atoms with Crippen LogP contribution < -0.4 is 22.1 Å². The van der Waals surface area contributed by atoms with E-state index in [-0.39, 0.29) is 18.6 Å². The average Bonchev–Trinajstić information content (AvgIpc) is 2.55. The van der Waals surface area contributed by atoms with Crippen molar-refractivity contribution in [1.82, 2.24) is 10.6 Å². The summed E-state index contributed by atoms with van der Waals surface area (Å²) in [6, 6.07) is 2.37. The molecule has 8 N–H and O–H groups in total. The van der Waals surface area contributed by atoms with Gasteiger partial charge in [0.25, 0.3) is 0 Å². The fourth-order valence-corrected chi connectivity index (χ4v) is 2.06. The minimum atomic E-state index is -1.25. The van der Waals surface area contributed by atoms with Gasteiger partial charge in [-0.3, -0.25) is 14.4 Å². The number of nitrogens with one attached hydrogen (secondary N) is 2. The molecule has 0 aromatic heterocycles. The van der Waals surface area contributed by atoms with Crippen LogP contribution >= 0.6 is 0 Å². The van der Waals surface area contributed by atoms with Gasteiger partial charge < -0.3 is 32.3 Å². The number of hydrogen-bond donors (Lipinski definition) is 6. The van der Waals surface area contributed by atoms with Crippen molar-refractivity contribution >= 4 is 23.7 Å². The number of carbonyl (C=O) groups is 4. The van der Waals surface area contributed by atoms with Crippen LogP contribution in [0, 0.1) is 0 Å². The van der Waals surface area contributed by atoms with E-state index >= 15 is 0 Å². The Balaban J connectivity index is 2.65. The lowest BCUT2D eigenvalue weighted by Gasteiger charge is -2.20. The monoisotopic (exact) mass is 366 g/mol. The lowest BCUT2D eigenvalue weighted by atomic mass is 10.1. The molecule has 0 unspecified atom stereocenters. The number of carbonyl (C=O) groups excluding carboxylic acids is 3. The third kappa shape index (κ3) is 6.77. The molecular weight excluding hydrogens is 344 g/mol. The summed E-state index contributed by atoms with van der Waals surface area (Å²) in [5, 5.41) is 23.1. The Labute approximate surface area is 149 Å². The van der Waals surface area contributed by atoms with Crippen LogP contribution in [0.3, 0.4) is 0 Å². The number of hydrogen-bond acceptors (Lipinski definition) is 6. The zero-order chi connectivity index (χ0) is 19.9. The zero-order valence-electron chi connectivity index (χ0n) is 14.1. The minimum Gasteiger partial charge on any atom is -0.508 e. The van der Waals surface area contributed by atoms with Gasteiger partial charge in [-0.05, 0) is 24.6 Å². The van der Waals surface area contributed by atoms with Crippen LogP contribution in [0.1, 0.15) is 18.9 Å². The van der Waals surface area contributed by atoms with Crippen LogP contribution in [0.4, 0.5) is 0 Å². The molecule has 0 heterocycles. The fraction of sp³-hybridized carbons (Fsp3) is 0.375. The molecular formula is C16H22N4O6. The number of nitrogens with two attached hydrogens (primary N) is 2. The number of primary amides is 1. The number of aromatic hydroxyl groups is 1. The highest BCUT2D eigenvalue weighted by Crippen LogP contribution is 2.11. The van der Waals surface area contributed by atoms with Crippen molar-refractivity contribution in [2.75, 3.05) is 0 Å². The predicted octanol–water partition coefficient (Wildman–Crippen LogP) is -1.79. The molecule has 0 saturated heterocycles. The molecule has 0 radical (unpaired) electrons. The molecule has 3 amide bonds. The molecule has 142 valence electrons. The number of carboxylic acid groups (broad SMARTS) is 1. The van der Waals surface area contributed by atoms with E-state index in [9.17, 15) is 29.4 Å². The molecule has 26 heavy (non-hydrogen) atoms. The minimum absolute atomic E-state index is 0.0107. The van der Waals surface area contributed by atoms with Crippen molar-refractivity contribution < 1.29 is 29.4 Å². The molecule has 10 heteroatoms. The second kappa shape index (κ2) is 9.37. The Bertz CT molecular complexity index is 676. The Morgan fingerprint density at radius 2 is 1.65 bits per heavy atom. The van der Waals surface area contributed by atoms with E-state index in [0.29, 0.717) is 5.56 Å². The average molecular weight is 366 g/mol. The predicted molar refractivity (Wildman–Crippen MR) is 90.8 cm³/mol. The van der Waals surface area contributed by atoms with Gasteiger partial charge in [0.05, 0.1) is 12.5 Å². The van der Waals surface area contributed by atoms with Crippen molar-refractivity contribution in [1.29, 1.82) is 0 Å². The summed E-state index contributed by atoms with van der Waals surface area (Å²) in [5.74, 6) is -3.46. The van der Waals surface area contributed by atoms with Gasteiger partial charge in [-0.2, -0.15) is 0 Å². The Morgan fingerprint density at radius 3 is 2.15 bits per heavy atom. The summed E-state index contributed by atoms with van der Waals surface area (Å²) >= 11 is 0. The second-order valence-electron chi connectivity index (χ2n) is 5.78. The third-order valence-corrected chi connectivity index (χ3v) is 3.50. The first-order valence-electron chi connectivity index (χ1n) is 7.75. The number of phenolic OH excluding ortho intramolecular Hbond substituents is 1. The Kier molecular flexibility index (Phi) is 7.53. The van der Waals surface area contributed by atoms with Gasteiger partial charge in [-0.1, -0.05) is 12.1 Å². The summed E-state index contributed by atoms with van der Waals surface area (Å²) in [5.41, 5.74) is 11.0. The highest BCUT2D eigenvalue weighted by Gasteiger charge is 2.26. The van der Waals surface area contributed by atoms with Crippen molar-refractivity contribution in [3.63, 3.8) is 0 Å². The highest BCUT2D eigenvalue weighted by molar-refractivity contribution is 5.93. The van der Waals surface area contributed by atoms with E-state index in [1.165, 1.54) is 31.2 Å². The van der Waals surface area contributed by atoms with Crippen LogP contribution in [0.2, 0.25) is 0 Å². The summed E-state index contributed by atoms with van der Waals surface area (Å²) in [6.07, 6.45) is -0.387. The summed E-state index contributed by atoms with van der Waals surface area (Å²) in [6.45, 7) is 1.35. The van der Waals surface area contributed by atoms with Gasteiger partial charge in [-0.25, -0.2) is 4.79 Å². The van der Waals surface area contributed by atoms with Crippen LogP contribution in [0.5, 0.6) is 5.75 Å². The number of amides is 3. The van der Waals surface area contributed by atoms with Crippen molar-refractivity contribution in [2.45, 2.75) is 37.9 Å². The van der Waals surface area contributed by atoms with Gasteiger partial charge in [0, 0.05) is 6.42 Å². The SMILES string of the molecule is C[C@H](NC(=O)[C@@H](N)CC(N)=O)C(=O)N[C@@H](Cc1ccc(O)cc1)C(=O)O. The van der Waals surface area contributed by atoms with Crippen molar-refractivity contribution in [3.8, 4) is 5.75 Å². The molecule has 1 rings (SSSR count). The van der Waals surface area contributed by atoms with E-state index in [4.69, 9.17) is 11.5 Å². The second-order valence-corrected chi connectivity index (χ2v) is 5.78. The molecule has 0 saturated carbocycles. The first kappa shape index (κ1) is 20.9. The first-order chi connectivity index (χ1) is 12.1. The molecule has 0 spiro atoms. The van der Waals surface area contributed by atoms with E-state index in [0.717, 1.165) is 0 Å². The maximum atomic E-state index is 12.1. The number of aliphatic carboxylic acids is 1. The lowest BCUT2D eigenvalue weighted by Crippen LogP contribution is -2.54. The molecule has 10 nitrogen and oxygen atoms in total. The van der Waals surface area contributed by atoms with Crippen LogP contribution in [0.25, 0.3) is 0 Å². The first-order valence-corrected chi connectivity index (χ1v) is 7.75. The number of carboxylic acids is 1. The fourth-order valence-electron chi connectivity index (χ4n) is 2.06. The largest absolute Gasteiger partial charge is 0.508 e. The van der Waals surface area contributed by atoms with E-state index in [1.807, 2.05) is 0 Å². The maximum absolute atomic E-state index is 12.1. The van der Waals surface area contributed by atoms with E-state index in [2.05, 4.69) is 10.6 Å². The van der Waals surface area contributed by atoms with Gasteiger partial charge in [0.15, 0.2) is 0 Å². The van der Waals surface area contributed by atoms with Crippen LogP contribution in [-0.2, 0) is 25.6 Å². The molecule has 0 aliphatic carbocycles. The smallest absolute Gasteiger partial charge is 0.326 e. The highest BCUT2D eigenvalue weighted by atomic mass is 16.4. The summed E-state index contributed by atoms with van der Waals surface area (Å²) in [7, 11) is 0. The van der Waals surface area contributed by atoms with Crippen molar-refractivity contribution in [3.05, 3.63) is 29.8 Å². The molecule has 0 bridgehead atoms. The number of benzene rings is 1. The van der Waals surface area contributed by atoms with E-state index < -0.39 is 41.8 Å². The molecule has 0 fully saturated rings.